The Hall–Kier alpha value is -0.871. The summed E-state index contributed by atoms with van der Waals surface area (Å²) in [5, 5.41) is 2.82. The third kappa shape index (κ3) is 4.82. The Labute approximate surface area is 142 Å². The summed E-state index contributed by atoms with van der Waals surface area (Å²) in [6.45, 7) is 2.26. The van der Waals surface area contributed by atoms with Gasteiger partial charge in [0.25, 0.3) is 0 Å². The Morgan fingerprint density at radius 2 is 1.36 bits per heavy atom. The topological polar surface area (TPSA) is 0 Å². The zero-order chi connectivity index (χ0) is 15.7. The van der Waals surface area contributed by atoms with Crippen LogP contribution in [-0.4, -0.2) is 15.1 Å². The molecule has 2 aromatic rings. The fourth-order valence-electron chi connectivity index (χ4n) is 2.53. The zero-order valence-corrected chi connectivity index (χ0v) is 15.9. The maximum atomic E-state index is 3.55. The summed E-state index contributed by atoms with van der Waals surface area (Å²) in [5.74, 6) is 2.45. The maximum absolute atomic E-state index is 3.55. The van der Waals surface area contributed by atoms with Gasteiger partial charge in [0.2, 0.25) is 0 Å². The average Bonchev–Trinajstić information content (AvgIpc) is 2.59. The summed E-state index contributed by atoms with van der Waals surface area (Å²) in [4.78, 5) is 0. The molecule has 0 saturated heterocycles. The fourth-order valence-corrected chi connectivity index (χ4v) is 6.92. The van der Waals surface area contributed by atoms with Gasteiger partial charge in [0.05, 0.1) is 0 Å². The van der Waals surface area contributed by atoms with Crippen molar-refractivity contribution < 1.29 is 0 Å². The molecule has 0 aliphatic carbocycles. The van der Waals surface area contributed by atoms with Crippen LogP contribution in [0.15, 0.2) is 72.6 Å². The van der Waals surface area contributed by atoms with Gasteiger partial charge in [0, 0.05) is 0 Å². The van der Waals surface area contributed by atoms with E-state index in [9.17, 15) is 0 Å². The van der Waals surface area contributed by atoms with Gasteiger partial charge in [0.15, 0.2) is 0 Å². The number of hydrogen-bond donors (Lipinski definition) is 0. The van der Waals surface area contributed by atoms with Crippen molar-refractivity contribution >= 4 is 31.2 Å². The van der Waals surface area contributed by atoms with Crippen LogP contribution in [0.4, 0.5) is 0 Å². The molecule has 0 atom stereocenters. The van der Waals surface area contributed by atoms with E-state index in [1.54, 1.807) is 0 Å². The van der Waals surface area contributed by atoms with Gasteiger partial charge in [-0.15, -0.1) is 0 Å². The standard InChI is InChI=1S/C20H25PSe/c1-2-3-4-5-6-13-18-21(22,19-14-9-7-10-15-19)20-16-11-8-12-17-20/h7-18H,2-6H2,1H3/b18-13-. The van der Waals surface area contributed by atoms with E-state index in [1.165, 1.54) is 42.7 Å². The van der Waals surface area contributed by atoms with Crippen molar-refractivity contribution in [3.05, 3.63) is 72.6 Å². The third-order valence-electron chi connectivity index (χ3n) is 3.82. The molecule has 0 saturated carbocycles. The van der Waals surface area contributed by atoms with Crippen molar-refractivity contribution in [1.29, 1.82) is 0 Å². The molecule has 0 nitrogen and oxygen atoms in total. The predicted molar refractivity (Wildman–Crippen MR) is 103 cm³/mol. The Morgan fingerprint density at radius 3 is 1.86 bits per heavy atom. The molecule has 0 aromatic heterocycles. The molecule has 0 aliphatic rings. The van der Waals surface area contributed by atoms with Crippen molar-refractivity contribution in [2.75, 3.05) is 0 Å². The molecule has 0 unspecified atom stereocenters. The van der Waals surface area contributed by atoms with E-state index in [1.807, 2.05) is 0 Å². The van der Waals surface area contributed by atoms with E-state index < -0.39 is 5.51 Å². The number of unbranched alkanes of at least 4 members (excludes halogenated alkanes) is 4. The van der Waals surface area contributed by atoms with Gasteiger partial charge >= 0.3 is 143 Å². The second-order valence-corrected chi connectivity index (χ2v) is 11.8. The number of benzene rings is 2. The van der Waals surface area contributed by atoms with E-state index in [0.717, 1.165) is 0 Å². The molecule has 0 heterocycles. The summed E-state index contributed by atoms with van der Waals surface area (Å²) in [6, 6.07) is 21.7. The van der Waals surface area contributed by atoms with Gasteiger partial charge in [-0.3, -0.25) is 0 Å². The summed E-state index contributed by atoms with van der Waals surface area (Å²) in [7, 11) is 0. The average molecular weight is 375 g/mol. The van der Waals surface area contributed by atoms with Crippen LogP contribution in [-0.2, 0) is 0 Å². The second-order valence-electron chi connectivity index (χ2n) is 5.56. The van der Waals surface area contributed by atoms with Gasteiger partial charge in [-0.25, -0.2) is 0 Å². The van der Waals surface area contributed by atoms with Crippen LogP contribution in [0, 0.1) is 0 Å². The first-order chi connectivity index (χ1) is 10.8. The molecule has 0 amide bonds. The molecular weight excluding hydrogens is 350 g/mol. The summed E-state index contributed by atoms with van der Waals surface area (Å²) in [5.41, 5.74) is -1.54. The van der Waals surface area contributed by atoms with Crippen LogP contribution in [0.5, 0.6) is 0 Å². The molecule has 0 aliphatic heterocycles. The predicted octanol–water partition coefficient (Wildman–Crippen LogP) is 5.22. The Balaban J connectivity index is 2.20. The molecule has 116 valence electrons. The van der Waals surface area contributed by atoms with E-state index in [-0.39, 0.29) is 0 Å². The Bertz CT molecular complexity index is 573. The van der Waals surface area contributed by atoms with E-state index in [0.29, 0.717) is 0 Å². The normalized spacial score (nSPS) is 11.9. The summed E-state index contributed by atoms with van der Waals surface area (Å²) < 4.78 is 0. The number of hydrogen-bond acceptors (Lipinski definition) is 0. The molecule has 0 spiro atoms. The minimum atomic E-state index is -1.54. The van der Waals surface area contributed by atoms with Crippen molar-refractivity contribution in [2.45, 2.75) is 39.0 Å². The molecule has 2 rings (SSSR count). The molecule has 0 bridgehead atoms. The van der Waals surface area contributed by atoms with Gasteiger partial charge in [-0.2, -0.15) is 0 Å². The SMILES string of the molecule is CCCCCC/C=C\P(=[Se])(c1ccccc1)c1ccccc1. The quantitative estimate of drug-likeness (QED) is 0.337. The van der Waals surface area contributed by atoms with Gasteiger partial charge in [0.1, 0.15) is 0 Å². The summed E-state index contributed by atoms with van der Waals surface area (Å²) >= 11 is 3.55. The Kier molecular flexibility index (Phi) is 7.40. The molecule has 0 N–H and O–H groups in total. The number of rotatable bonds is 8. The summed E-state index contributed by atoms with van der Waals surface area (Å²) in [6.07, 6.45) is 8.87. The van der Waals surface area contributed by atoms with E-state index in [2.05, 4.69) is 94.6 Å². The number of allylic oxidation sites excluding steroid dienone is 1. The van der Waals surface area contributed by atoms with Crippen molar-refractivity contribution in [2.24, 2.45) is 0 Å². The zero-order valence-electron chi connectivity index (χ0n) is 13.3. The second kappa shape index (κ2) is 9.31. The molecule has 22 heavy (non-hydrogen) atoms. The van der Waals surface area contributed by atoms with Crippen molar-refractivity contribution in [1.82, 2.24) is 0 Å². The van der Waals surface area contributed by atoms with Gasteiger partial charge in [-0.1, -0.05) is 0 Å². The minimum absolute atomic E-state index is 1.18. The van der Waals surface area contributed by atoms with Gasteiger partial charge < -0.3 is 0 Å². The first-order valence-electron chi connectivity index (χ1n) is 8.16. The van der Waals surface area contributed by atoms with E-state index >= 15 is 0 Å². The van der Waals surface area contributed by atoms with Crippen LogP contribution in [0.2, 0.25) is 0 Å². The van der Waals surface area contributed by atoms with Crippen LogP contribution in [0.25, 0.3) is 0 Å². The molecule has 0 fully saturated rings. The van der Waals surface area contributed by atoms with Crippen LogP contribution >= 0.6 is 5.51 Å². The van der Waals surface area contributed by atoms with Crippen molar-refractivity contribution in [3.8, 4) is 0 Å². The first kappa shape index (κ1) is 17.5. The van der Waals surface area contributed by atoms with E-state index in [4.69, 9.17) is 0 Å². The van der Waals surface area contributed by atoms with Crippen molar-refractivity contribution in [3.63, 3.8) is 0 Å². The first-order valence-corrected chi connectivity index (χ1v) is 12.2. The molecule has 0 radical (unpaired) electrons. The molecule has 2 aromatic carbocycles. The molecule has 2 heteroatoms. The fraction of sp³-hybridized carbons (Fsp3) is 0.300. The third-order valence-corrected chi connectivity index (χ3v) is 10.0. The van der Waals surface area contributed by atoms with Crippen LogP contribution in [0.1, 0.15) is 39.0 Å². The Morgan fingerprint density at radius 1 is 0.818 bits per heavy atom. The van der Waals surface area contributed by atoms with Crippen LogP contribution < -0.4 is 10.6 Å². The molecular formula is C20H25PSe. The monoisotopic (exact) mass is 376 g/mol. The van der Waals surface area contributed by atoms with Crippen LogP contribution in [0.3, 0.4) is 0 Å². The van der Waals surface area contributed by atoms with Gasteiger partial charge in [-0.05, 0) is 0 Å².